The second kappa shape index (κ2) is 8.86. The lowest BCUT2D eigenvalue weighted by Crippen LogP contribution is -2.24. The summed E-state index contributed by atoms with van der Waals surface area (Å²) in [5.41, 5.74) is 1.19. The van der Waals surface area contributed by atoms with E-state index >= 15 is 0 Å². The lowest BCUT2D eigenvalue weighted by Gasteiger charge is -2.16. The molecule has 0 saturated carbocycles. The van der Waals surface area contributed by atoms with Crippen molar-refractivity contribution in [2.24, 2.45) is 0 Å². The summed E-state index contributed by atoms with van der Waals surface area (Å²) in [6.07, 6.45) is -1.99. The van der Waals surface area contributed by atoms with Gasteiger partial charge in [0.1, 0.15) is 0 Å². The van der Waals surface area contributed by atoms with Gasteiger partial charge in [-0.2, -0.15) is 23.1 Å². The van der Waals surface area contributed by atoms with E-state index in [0.29, 0.717) is 34.9 Å². The first-order chi connectivity index (χ1) is 14.2. The van der Waals surface area contributed by atoms with E-state index < -0.39 is 11.7 Å². The van der Waals surface area contributed by atoms with Crippen molar-refractivity contribution in [1.82, 2.24) is 19.5 Å². The summed E-state index contributed by atoms with van der Waals surface area (Å²) in [7, 11) is 0. The number of hydrogen-bond acceptors (Lipinski definition) is 6. The van der Waals surface area contributed by atoms with Crippen molar-refractivity contribution >= 4 is 22.9 Å². The predicted molar refractivity (Wildman–Crippen MR) is 109 cm³/mol. The van der Waals surface area contributed by atoms with Crippen LogP contribution in [0.5, 0.6) is 0 Å². The maximum Gasteiger partial charge on any atom is 0.416 e. The van der Waals surface area contributed by atoms with Gasteiger partial charge in [0.15, 0.2) is 17.0 Å². The second-order valence-corrected chi connectivity index (χ2v) is 7.29. The molecule has 2 heterocycles. The van der Waals surface area contributed by atoms with Crippen LogP contribution in [0.25, 0.3) is 11.2 Å². The average molecular weight is 422 g/mol. The third-order valence-corrected chi connectivity index (χ3v) is 4.77. The molecule has 10 heteroatoms. The Hall–Kier alpha value is -2.88. The Bertz CT molecular complexity index is 981. The minimum Gasteiger partial charge on any atom is -0.394 e. The van der Waals surface area contributed by atoms with Gasteiger partial charge in [0, 0.05) is 12.6 Å². The van der Waals surface area contributed by atoms with Gasteiger partial charge in [0.05, 0.1) is 24.5 Å². The fourth-order valence-electron chi connectivity index (χ4n) is 2.94. The summed E-state index contributed by atoms with van der Waals surface area (Å²) in [5, 5.41) is 15.7. The van der Waals surface area contributed by atoms with Crippen LogP contribution >= 0.6 is 0 Å². The zero-order chi connectivity index (χ0) is 21.9. The number of aliphatic hydroxyl groups excluding tert-OH is 1. The molecule has 0 aliphatic heterocycles. The van der Waals surface area contributed by atoms with E-state index in [0.717, 1.165) is 12.1 Å². The molecular formula is C20H25F3N6O. The molecule has 1 atom stereocenters. The summed E-state index contributed by atoms with van der Waals surface area (Å²) in [6, 6.07) is 4.90. The molecule has 1 aromatic carbocycles. The summed E-state index contributed by atoms with van der Waals surface area (Å²) in [4.78, 5) is 13.4. The zero-order valence-electron chi connectivity index (χ0n) is 17.0. The highest BCUT2D eigenvalue weighted by Gasteiger charge is 2.29. The van der Waals surface area contributed by atoms with E-state index in [-0.39, 0.29) is 25.2 Å². The first-order valence-corrected chi connectivity index (χ1v) is 9.74. The van der Waals surface area contributed by atoms with E-state index in [1.807, 2.05) is 25.3 Å². The Kier molecular flexibility index (Phi) is 6.45. The van der Waals surface area contributed by atoms with Crippen LogP contribution in [0, 0.1) is 0 Å². The number of fused-ring (bicyclic) bond motifs is 1. The van der Waals surface area contributed by atoms with Crippen LogP contribution in [0.2, 0.25) is 0 Å². The minimum atomic E-state index is -4.36. The predicted octanol–water partition coefficient (Wildman–Crippen LogP) is 4.22. The number of aromatic nitrogens is 4. The van der Waals surface area contributed by atoms with Crippen LogP contribution in [0.4, 0.5) is 24.9 Å². The Morgan fingerprint density at radius 2 is 1.83 bits per heavy atom. The van der Waals surface area contributed by atoms with Gasteiger partial charge in [0.2, 0.25) is 5.95 Å². The fourth-order valence-corrected chi connectivity index (χ4v) is 2.94. The van der Waals surface area contributed by atoms with Crippen molar-refractivity contribution in [2.45, 2.75) is 52.0 Å². The van der Waals surface area contributed by atoms with E-state index in [1.54, 1.807) is 6.33 Å². The molecule has 2 aromatic heterocycles. The quantitative estimate of drug-likeness (QED) is 0.504. The summed E-state index contributed by atoms with van der Waals surface area (Å²) in [5.74, 6) is 0.815. The number of imidazole rings is 1. The third-order valence-electron chi connectivity index (χ3n) is 4.77. The molecule has 0 amide bonds. The lowest BCUT2D eigenvalue weighted by atomic mass is 10.1. The van der Waals surface area contributed by atoms with Crippen LogP contribution in [0.15, 0.2) is 30.6 Å². The monoisotopic (exact) mass is 422 g/mol. The first kappa shape index (κ1) is 21.8. The van der Waals surface area contributed by atoms with Gasteiger partial charge in [-0.15, -0.1) is 0 Å². The number of rotatable bonds is 8. The second-order valence-electron chi connectivity index (χ2n) is 7.29. The van der Waals surface area contributed by atoms with Crippen molar-refractivity contribution in [1.29, 1.82) is 0 Å². The van der Waals surface area contributed by atoms with Crippen molar-refractivity contribution in [2.75, 3.05) is 17.2 Å². The molecule has 0 saturated heterocycles. The number of nitrogens with one attached hydrogen (secondary N) is 2. The molecule has 0 bridgehead atoms. The van der Waals surface area contributed by atoms with Gasteiger partial charge in [-0.25, -0.2) is 4.98 Å². The molecule has 3 rings (SSSR count). The molecule has 162 valence electrons. The zero-order valence-corrected chi connectivity index (χ0v) is 17.0. The number of aliphatic hydroxyl groups is 1. The molecule has 0 fully saturated rings. The maximum absolute atomic E-state index is 12.8. The van der Waals surface area contributed by atoms with E-state index in [4.69, 9.17) is 0 Å². The molecule has 7 nitrogen and oxygen atoms in total. The molecular weight excluding hydrogens is 397 g/mol. The van der Waals surface area contributed by atoms with Crippen LogP contribution in [0.3, 0.4) is 0 Å². The molecule has 0 aliphatic carbocycles. The van der Waals surface area contributed by atoms with Gasteiger partial charge in [-0.05, 0) is 38.0 Å². The van der Waals surface area contributed by atoms with Gasteiger partial charge >= 0.3 is 6.18 Å². The highest BCUT2D eigenvalue weighted by molar-refractivity contribution is 5.84. The fraction of sp³-hybridized carbons (Fsp3) is 0.450. The van der Waals surface area contributed by atoms with Gasteiger partial charge < -0.3 is 20.3 Å². The topological polar surface area (TPSA) is 87.9 Å². The number of hydrogen-bond donors (Lipinski definition) is 3. The SMILES string of the molecule is CC[C@@H](CO)Nc1nc(NCc2ccc(C(F)(F)F)cc2)c2ncn(C(C)C)c2n1. The summed E-state index contributed by atoms with van der Waals surface area (Å²) in [6.45, 7) is 6.17. The Balaban J connectivity index is 1.89. The highest BCUT2D eigenvalue weighted by atomic mass is 19.4. The van der Waals surface area contributed by atoms with Gasteiger partial charge in [-0.1, -0.05) is 19.1 Å². The average Bonchev–Trinajstić information content (AvgIpc) is 3.14. The number of halogens is 3. The number of benzene rings is 1. The molecule has 30 heavy (non-hydrogen) atoms. The Morgan fingerprint density at radius 1 is 1.13 bits per heavy atom. The maximum atomic E-state index is 12.8. The van der Waals surface area contributed by atoms with E-state index in [2.05, 4.69) is 25.6 Å². The number of nitrogens with zero attached hydrogens (tertiary/aromatic N) is 4. The lowest BCUT2D eigenvalue weighted by molar-refractivity contribution is -0.137. The smallest absolute Gasteiger partial charge is 0.394 e. The summed E-state index contributed by atoms with van der Waals surface area (Å²) < 4.78 is 40.2. The molecule has 3 aromatic rings. The molecule has 0 unspecified atom stereocenters. The van der Waals surface area contributed by atoms with Crippen LogP contribution in [-0.4, -0.2) is 37.3 Å². The highest BCUT2D eigenvalue weighted by Crippen LogP contribution is 2.29. The van der Waals surface area contributed by atoms with Crippen LogP contribution < -0.4 is 10.6 Å². The van der Waals surface area contributed by atoms with Gasteiger partial charge in [0.25, 0.3) is 0 Å². The molecule has 0 spiro atoms. The van der Waals surface area contributed by atoms with Gasteiger partial charge in [-0.3, -0.25) is 0 Å². The number of anilines is 2. The normalized spacial score (nSPS) is 13.1. The Labute approximate surface area is 172 Å². The van der Waals surface area contributed by atoms with Crippen molar-refractivity contribution < 1.29 is 18.3 Å². The first-order valence-electron chi connectivity index (χ1n) is 9.74. The van der Waals surface area contributed by atoms with Crippen molar-refractivity contribution in [3.8, 4) is 0 Å². The standard InChI is InChI=1S/C20H25F3N6O/c1-4-15(10-30)26-19-27-17(16-18(28-19)29(11-25-16)12(2)3)24-9-13-5-7-14(8-6-13)20(21,22)23/h5-8,11-12,15,30H,4,9-10H2,1-3H3,(H2,24,26,27,28)/t15-/m0/s1. The van der Waals surface area contributed by atoms with Crippen molar-refractivity contribution in [3.63, 3.8) is 0 Å². The van der Waals surface area contributed by atoms with E-state index in [1.165, 1.54) is 12.1 Å². The summed E-state index contributed by atoms with van der Waals surface area (Å²) >= 11 is 0. The molecule has 0 radical (unpaired) electrons. The minimum absolute atomic E-state index is 0.0599. The Morgan fingerprint density at radius 3 is 2.40 bits per heavy atom. The van der Waals surface area contributed by atoms with Crippen LogP contribution in [-0.2, 0) is 12.7 Å². The molecule has 3 N–H and O–H groups in total. The van der Waals surface area contributed by atoms with Crippen molar-refractivity contribution in [3.05, 3.63) is 41.7 Å². The molecule has 0 aliphatic rings. The number of alkyl halides is 3. The van der Waals surface area contributed by atoms with Crippen LogP contribution in [0.1, 0.15) is 44.4 Å². The largest absolute Gasteiger partial charge is 0.416 e. The third kappa shape index (κ3) is 4.81. The van der Waals surface area contributed by atoms with E-state index in [9.17, 15) is 18.3 Å².